The lowest BCUT2D eigenvalue weighted by Gasteiger charge is -2.22. The van der Waals surface area contributed by atoms with E-state index in [1.807, 2.05) is 0 Å². The van der Waals surface area contributed by atoms with Gasteiger partial charge in [-0.1, -0.05) is 0 Å². The molecule has 3 rings (SSSR count). The van der Waals surface area contributed by atoms with Crippen LogP contribution in [0.3, 0.4) is 0 Å². The van der Waals surface area contributed by atoms with Crippen molar-refractivity contribution >= 4 is 0 Å². The highest BCUT2D eigenvalue weighted by Gasteiger charge is 2.40. The minimum absolute atomic E-state index is 0.562. The quantitative estimate of drug-likeness (QED) is 0.905. The summed E-state index contributed by atoms with van der Waals surface area (Å²) in [5, 5.41) is 3.67. The molecule has 1 aromatic carbocycles. The summed E-state index contributed by atoms with van der Waals surface area (Å²) in [4.78, 5) is 0. The lowest BCUT2D eigenvalue weighted by molar-refractivity contribution is 0.323. The fourth-order valence-electron chi connectivity index (χ4n) is 3.51. The van der Waals surface area contributed by atoms with Gasteiger partial charge in [0.1, 0.15) is 0 Å². The molecule has 19 heavy (non-hydrogen) atoms. The third-order valence-corrected chi connectivity index (χ3v) is 4.42. The first-order valence-electron chi connectivity index (χ1n) is 6.82. The van der Waals surface area contributed by atoms with Gasteiger partial charge in [-0.15, -0.1) is 0 Å². The molecule has 1 aromatic rings. The predicted molar refractivity (Wildman–Crippen MR) is 73.4 cm³/mol. The van der Waals surface area contributed by atoms with Gasteiger partial charge in [-0.2, -0.15) is 0 Å². The molecule has 2 bridgehead atoms. The summed E-state index contributed by atoms with van der Waals surface area (Å²) in [6, 6.07) is 5.48. The van der Waals surface area contributed by atoms with Crippen LogP contribution in [0.1, 0.15) is 30.7 Å². The highest BCUT2D eigenvalue weighted by Crippen LogP contribution is 2.45. The molecule has 104 valence electrons. The maximum Gasteiger partial charge on any atom is 0.203 e. The van der Waals surface area contributed by atoms with Gasteiger partial charge in [0.05, 0.1) is 21.3 Å². The Morgan fingerprint density at radius 1 is 1.00 bits per heavy atom. The summed E-state index contributed by atoms with van der Waals surface area (Å²) in [5.41, 5.74) is 1.29. The smallest absolute Gasteiger partial charge is 0.203 e. The van der Waals surface area contributed by atoms with E-state index in [-0.39, 0.29) is 0 Å². The molecule has 0 radical (unpaired) electrons. The summed E-state index contributed by atoms with van der Waals surface area (Å²) in [5.74, 6) is 2.73. The second-order valence-corrected chi connectivity index (χ2v) is 5.35. The van der Waals surface area contributed by atoms with Crippen LogP contribution in [0.2, 0.25) is 0 Å². The van der Waals surface area contributed by atoms with Crippen molar-refractivity contribution in [3.63, 3.8) is 0 Å². The molecular formula is C15H21NO3. The zero-order valence-corrected chi connectivity index (χ0v) is 11.7. The molecule has 0 amide bonds. The Labute approximate surface area is 114 Å². The van der Waals surface area contributed by atoms with Crippen LogP contribution < -0.4 is 19.5 Å². The maximum atomic E-state index is 5.43. The average Bonchev–Trinajstić information content (AvgIpc) is 3.08. The number of benzene rings is 1. The van der Waals surface area contributed by atoms with E-state index in [0.717, 1.165) is 11.5 Å². The van der Waals surface area contributed by atoms with Gasteiger partial charge >= 0.3 is 0 Å². The van der Waals surface area contributed by atoms with Crippen LogP contribution in [0.25, 0.3) is 0 Å². The van der Waals surface area contributed by atoms with Crippen LogP contribution in [0, 0.1) is 0 Å². The van der Waals surface area contributed by atoms with Crippen molar-refractivity contribution in [1.82, 2.24) is 5.32 Å². The van der Waals surface area contributed by atoms with Gasteiger partial charge in [0.2, 0.25) is 5.75 Å². The molecule has 0 aromatic heterocycles. The molecule has 0 spiro atoms. The molecule has 3 atom stereocenters. The highest BCUT2D eigenvalue weighted by atomic mass is 16.5. The van der Waals surface area contributed by atoms with Crippen LogP contribution in [0.5, 0.6) is 17.2 Å². The van der Waals surface area contributed by atoms with E-state index in [2.05, 4.69) is 17.4 Å². The molecular weight excluding hydrogens is 242 g/mol. The molecule has 3 unspecified atom stereocenters. The Balaban J connectivity index is 1.98. The zero-order chi connectivity index (χ0) is 13.4. The average molecular weight is 263 g/mol. The molecule has 2 aliphatic heterocycles. The Morgan fingerprint density at radius 2 is 1.68 bits per heavy atom. The van der Waals surface area contributed by atoms with Crippen molar-refractivity contribution in [1.29, 1.82) is 0 Å². The van der Waals surface area contributed by atoms with Gasteiger partial charge in [-0.25, -0.2) is 0 Å². The first-order valence-corrected chi connectivity index (χ1v) is 6.82. The summed E-state index contributed by atoms with van der Waals surface area (Å²) in [7, 11) is 4.97. The lowest BCUT2D eigenvalue weighted by Crippen LogP contribution is -2.21. The number of fused-ring (bicyclic) bond motifs is 2. The van der Waals surface area contributed by atoms with Gasteiger partial charge in [0.25, 0.3) is 0 Å². The van der Waals surface area contributed by atoms with Crippen molar-refractivity contribution < 1.29 is 14.2 Å². The van der Waals surface area contributed by atoms with Crippen molar-refractivity contribution in [3.8, 4) is 17.2 Å². The topological polar surface area (TPSA) is 39.7 Å². The fraction of sp³-hybridized carbons (Fsp3) is 0.600. The summed E-state index contributed by atoms with van der Waals surface area (Å²) >= 11 is 0. The van der Waals surface area contributed by atoms with Crippen molar-refractivity contribution in [2.75, 3.05) is 21.3 Å². The first-order chi connectivity index (χ1) is 9.26. The number of nitrogens with one attached hydrogen (secondary N) is 1. The number of methoxy groups -OCH3 is 3. The Kier molecular flexibility index (Phi) is 3.27. The Bertz CT molecular complexity index is 449. The second-order valence-electron chi connectivity index (χ2n) is 5.35. The van der Waals surface area contributed by atoms with Crippen LogP contribution >= 0.6 is 0 Å². The number of rotatable bonds is 4. The molecule has 2 aliphatic rings. The van der Waals surface area contributed by atoms with Crippen LogP contribution in [0.15, 0.2) is 12.1 Å². The fourth-order valence-corrected chi connectivity index (χ4v) is 3.51. The largest absolute Gasteiger partial charge is 0.493 e. The van der Waals surface area contributed by atoms with Gasteiger partial charge in [-0.3, -0.25) is 0 Å². The van der Waals surface area contributed by atoms with Crippen LogP contribution in [-0.2, 0) is 0 Å². The summed E-state index contributed by atoms with van der Waals surface area (Å²) < 4.78 is 16.2. The molecule has 0 saturated carbocycles. The summed E-state index contributed by atoms with van der Waals surface area (Å²) in [6.07, 6.45) is 3.79. The Morgan fingerprint density at radius 3 is 2.11 bits per heavy atom. The normalized spacial score (nSPS) is 28.5. The molecule has 2 heterocycles. The van der Waals surface area contributed by atoms with Gasteiger partial charge in [0.15, 0.2) is 11.5 Å². The zero-order valence-electron chi connectivity index (χ0n) is 11.7. The van der Waals surface area contributed by atoms with Crippen molar-refractivity contribution in [3.05, 3.63) is 17.7 Å². The first kappa shape index (κ1) is 12.6. The highest BCUT2D eigenvalue weighted by molar-refractivity contribution is 5.55. The van der Waals surface area contributed by atoms with E-state index >= 15 is 0 Å². The van der Waals surface area contributed by atoms with Crippen LogP contribution in [-0.4, -0.2) is 33.4 Å². The molecule has 2 fully saturated rings. The predicted octanol–water partition coefficient (Wildman–Crippen LogP) is 2.32. The third-order valence-electron chi connectivity index (χ3n) is 4.42. The molecule has 4 heteroatoms. The maximum absolute atomic E-state index is 5.43. The van der Waals surface area contributed by atoms with E-state index in [1.165, 1.54) is 24.8 Å². The van der Waals surface area contributed by atoms with E-state index in [1.54, 1.807) is 21.3 Å². The van der Waals surface area contributed by atoms with Crippen molar-refractivity contribution in [2.45, 2.75) is 37.3 Å². The standard InChI is InChI=1S/C15H21NO3/c1-17-13-6-9(7-14(18-2)15(13)19-3)11-8-10-4-5-12(11)16-10/h6-7,10-12,16H,4-5,8H2,1-3H3. The van der Waals surface area contributed by atoms with Gasteiger partial charge < -0.3 is 19.5 Å². The van der Waals surface area contributed by atoms with E-state index in [4.69, 9.17) is 14.2 Å². The number of hydrogen-bond donors (Lipinski definition) is 1. The van der Waals surface area contributed by atoms with Crippen LogP contribution in [0.4, 0.5) is 0 Å². The monoisotopic (exact) mass is 263 g/mol. The summed E-state index contributed by atoms with van der Waals surface area (Å²) in [6.45, 7) is 0. The number of hydrogen-bond acceptors (Lipinski definition) is 4. The van der Waals surface area contributed by atoms with Gasteiger partial charge in [-0.05, 0) is 37.0 Å². The third kappa shape index (κ3) is 2.04. The number of ether oxygens (including phenoxy) is 3. The van der Waals surface area contributed by atoms with Crippen molar-refractivity contribution in [2.24, 2.45) is 0 Å². The van der Waals surface area contributed by atoms with E-state index in [0.29, 0.717) is 23.8 Å². The molecule has 2 saturated heterocycles. The van der Waals surface area contributed by atoms with Gasteiger partial charge in [0, 0.05) is 18.0 Å². The molecule has 1 N–H and O–H groups in total. The molecule has 4 nitrogen and oxygen atoms in total. The minimum atomic E-state index is 0.562. The second kappa shape index (κ2) is 4.93. The molecule has 0 aliphatic carbocycles. The van der Waals surface area contributed by atoms with E-state index < -0.39 is 0 Å². The Hall–Kier alpha value is -1.42. The van der Waals surface area contributed by atoms with E-state index in [9.17, 15) is 0 Å². The lowest BCUT2D eigenvalue weighted by atomic mass is 9.84. The SMILES string of the molecule is COc1cc(C2CC3CCC2N3)cc(OC)c1OC. The minimum Gasteiger partial charge on any atom is -0.493 e.